The zero-order valence-corrected chi connectivity index (χ0v) is 18.8. The number of nitrogens with two attached hydrogens (primary N) is 1. The van der Waals surface area contributed by atoms with Crippen molar-refractivity contribution in [2.24, 2.45) is 0 Å². The second-order valence-electron chi connectivity index (χ2n) is 6.50. The first kappa shape index (κ1) is 23.0. The predicted octanol–water partition coefficient (Wildman–Crippen LogP) is 4.14. The number of hydrogen-bond acceptors (Lipinski definition) is 7. The first-order chi connectivity index (χ1) is 15.4. The number of aromatic amines is 1. The molecule has 0 bridgehead atoms. The minimum absolute atomic E-state index is 0.0591. The van der Waals surface area contributed by atoms with Crippen LogP contribution >= 0.6 is 23.4 Å². The fraction of sp³-hybridized carbons (Fsp3) is 0.130. The third kappa shape index (κ3) is 4.62. The van der Waals surface area contributed by atoms with Crippen molar-refractivity contribution in [3.8, 4) is 34.8 Å². The number of Topliss-reactive ketones (excluding diaryl/α,β-unsaturated/α-hetero) is 1. The van der Waals surface area contributed by atoms with Crippen LogP contribution in [0.4, 0.5) is 5.82 Å². The number of nitrogens with one attached hydrogen (secondary N) is 1. The second kappa shape index (κ2) is 10.1. The van der Waals surface area contributed by atoms with E-state index >= 15 is 0 Å². The molecule has 3 N–H and O–H groups in total. The van der Waals surface area contributed by atoms with Crippen LogP contribution in [-0.2, 0) is 0 Å². The maximum absolute atomic E-state index is 12.6. The lowest BCUT2D eigenvalue weighted by Gasteiger charge is -2.13. The lowest BCUT2D eigenvalue weighted by Crippen LogP contribution is -2.19. The van der Waals surface area contributed by atoms with Crippen molar-refractivity contribution in [2.75, 3.05) is 25.7 Å². The van der Waals surface area contributed by atoms with Gasteiger partial charge in [0.15, 0.2) is 22.3 Å². The minimum atomic E-state index is -0.139. The first-order valence-corrected chi connectivity index (χ1v) is 10.6. The van der Waals surface area contributed by atoms with E-state index in [-0.39, 0.29) is 28.5 Å². The molecule has 3 rings (SSSR count). The Labute approximate surface area is 194 Å². The minimum Gasteiger partial charge on any atom is -0.493 e. The van der Waals surface area contributed by atoms with Gasteiger partial charge in [0.05, 0.1) is 20.0 Å². The molecule has 0 saturated heterocycles. The van der Waals surface area contributed by atoms with Crippen LogP contribution in [0, 0.1) is 22.7 Å². The Morgan fingerprint density at radius 3 is 2.31 bits per heavy atom. The van der Waals surface area contributed by atoms with Gasteiger partial charge in [0, 0.05) is 16.1 Å². The number of aromatic nitrogens is 1. The van der Waals surface area contributed by atoms with Crippen LogP contribution in [0.25, 0.3) is 11.1 Å². The number of carbonyl (C=O) groups is 1. The summed E-state index contributed by atoms with van der Waals surface area (Å²) in [5.74, 6) is 0.962. The van der Waals surface area contributed by atoms with Gasteiger partial charge in [-0.3, -0.25) is 10.5 Å². The molecule has 0 aliphatic rings. The maximum atomic E-state index is 12.6. The molecule has 3 aromatic rings. The van der Waals surface area contributed by atoms with E-state index in [9.17, 15) is 15.3 Å². The van der Waals surface area contributed by atoms with Crippen LogP contribution in [0.2, 0.25) is 5.02 Å². The van der Waals surface area contributed by atoms with Crippen molar-refractivity contribution in [1.29, 1.82) is 10.5 Å². The average Bonchev–Trinajstić information content (AvgIpc) is 2.81. The van der Waals surface area contributed by atoms with Crippen LogP contribution in [0.1, 0.15) is 21.5 Å². The van der Waals surface area contributed by atoms with Crippen molar-refractivity contribution in [2.45, 2.75) is 5.03 Å². The second-order valence-corrected chi connectivity index (χ2v) is 7.93. The standard InChI is InChI=1S/C23H17ClN4O3S/c1-30-19-8-5-14(9-20(19)31-2)21-16(10-25)22(27)28-23(17(21)11-26)32-12-18(29)13-3-6-15(24)7-4-13/h3-9H,12H2,1-2H3,(H2,27,28)/p+1. The quantitative estimate of drug-likeness (QED) is 0.410. The third-order valence-corrected chi connectivity index (χ3v) is 5.91. The number of nitrogen functional groups attached to an aromatic ring is 1. The van der Waals surface area contributed by atoms with Gasteiger partial charge in [0.1, 0.15) is 23.3 Å². The Hall–Kier alpha value is -3.72. The molecule has 0 aliphatic carbocycles. The topological polar surface area (TPSA) is 123 Å². The number of nitriles is 2. The molecular weight excluding hydrogens is 448 g/mol. The van der Waals surface area contributed by atoms with Crippen molar-refractivity contribution < 1.29 is 19.3 Å². The van der Waals surface area contributed by atoms with Gasteiger partial charge in [-0.25, -0.2) is 4.98 Å². The maximum Gasteiger partial charge on any atom is 0.289 e. The molecule has 9 heteroatoms. The number of ketones is 1. The lowest BCUT2D eigenvalue weighted by atomic mass is 9.96. The molecule has 1 aromatic heterocycles. The van der Waals surface area contributed by atoms with Gasteiger partial charge in [-0.1, -0.05) is 29.4 Å². The van der Waals surface area contributed by atoms with E-state index in [0.717, 1.165) is 11.8 Å². The molecule has 0 fully saturated rings. The van der Waals surface area contributed by atoms with Gasteiger partial charge in [-0.15, -0.1) is 0 Å². The van der Waals surface area contributed by atoms with Crippen LogP contribution in [-0.4, -0.2) is 25.8 Å². The van der Waals surface area contributed by atoms with Crippen LogP contribution < -0.4 is 20.2 Å². The van der Waals surface area contributed by atoms with Crippen LogP contribution in [0.3, 0.4) is 0 Å². The van der Waals surface area contributed by atoms with Crippen molar-refractivity contribution in [1.82, 2.24) is 0 Å². The monoisotopic (exact) mass is 465 g/mol. The number of thioether (sulfide) groups is 1. The highest BCUT2D eigenvalue weighted by atomic mass is 35.5. The molecule has 0 radical (unpaired) electrons. The number of halogens is 1. The number of carbonyl (C=O) groups excluding carboxylic acids is 1. The number of pyridine rings is 1. The number of hydrogen-bond donors (Lipinski definition) is 1. The van der Waals surface area contributed by atoms with E-state index in [1.807, 2.05) is 0 Å². The highest BCUT2D eigenvalue weighted by Gasteiger charge is 2.25. The lowest BCUT2D eigenvalue weighted by molar-refractivity contribution is -0.410. The van der Waals surface area contributed by atoms with Gasteiger partial charge in [-0.05, 0) is 42.0 Å². The third-order valence-electron chi connectivity index (χ3n) is 4.65. The molecule has 0 atom stereocenters. The largest absolute Gasteiger partial charge is 0.493 e. The Balaban J connectivity index is 2.05. The molecule has 32 heavy (non-hydrogen) atoms. The van der Waals surface area contributed by atoms with Gasteiger partial charge >= 0.3 is 0 Å². The van der Waals surface area contributed by atoms with E-state index < -0.39 is 0 Å². The van der Waals surface area contributed by atoms with Crippen molar-refractivity contribution in [3.63, 3.8) is 0 Å². The Morgan fingerprint density at radius 1 is 1.06 bits per heavy atom. The summed E-state index contributed by atoms with van der Waals surface area (Å²) in [5.41, 5.74) is 7.85. The van der Waals surface area contributed by atoms with Gasteiger partial charge in [0.2, 0.25) is 0 Å². The Kier molecular flexibility index (Phi) is 7.21. The smallest absolute Gasteiger partial charge is 0.289 e. The number of anilines is 1. The van der Waals surface area contributed by atoms with Crippen molar-refractivity contribution >= 4 is 35.0 Å². The molecule has 0 saturated carbocycles. The van der Waals surface area contributed by atoms with Gasteiger partial charge in [0.25, 0.3) is 5.82 Å². The molecule has 160 valence electrons. The molecular formula is C23H18ClN4O3S+. The molecule has 0 spiro atoms. The van der Waals surface area contributed by atoms with E-state index in [1.165, 1.54) is 14.2 Å². The normalized spacial score (nSPS) is 10.2. The number of rotatable bonds is 7. The molecule has 0 unspecified atom stereocenters. The summed E-state index contributed by atoms with van der Waals surface area (Å²) in [6, 6.07) is 15.8. The summed E-state index contributed by atoms with van der Waals surface area (Å²) in [4.78, 5) is 15.5. The van der Waals surface area contributed by atoms with E-state index in [2.05, 4.69) is 17.1 Å². The number of ether oxygens (including phenoxy) is 2. The number of H-pyrrole nitrogens is 1. The van der Waals surface area contributed by atoms with E-state index in [0.29, 0.717) is 38.2 Å². The number of benzene rings is 2. The molecule has 7 nitrogen and oxygen atoms in total. The fourth-order valence-electron chi connectivity index (χ4n) is 3.09. The Morgan fingerprint density at radius 2 is 1.72 bits per heavy atom. The summed E-state index contributed by atoms with van der Waals surface area (Å²) < 4.78 is 10.6. The van der Waals surface area contributed by atoms with Crippen molar-refractivity contribution in [3.05, 3.63) is 64.2 Å². The zero-order valence-electron chi connectivity index (χ0n) is 17.2. The summed E-state index contributed by atoms with van der Waals surface area (Å²) in [7, 11) is 3.01. The zero-order chi connectivity index (χ0) is 23.3. The summed E-state index contributed by atoms with van der Waals surface area (Å²) in [6.45, 7) is 0. The summed E-state index contributed by atoms with van der Waals surface area (Å²) in [5, 5.41) is 20.5. The van der Waals surface area contributed by atoms with Crippen LogP contribution in [0.5, 0.6) is 11.5 Å². The number of nitrogens with zero attached hydrogens (tertiary/aromatic N) is 2. The molecule has 2 aromatic carbocycles. The van der Waals surface area contributed by atoms with Gasteiger partial charge in [-0.2, -0.15) is 10.5 Å². The number of methoxy groups -OCH3 is 2. The Bertz CT molecular complexity index is 1260. The SMILES string of the molecule is COc1ccc(-c2c(C#N)c(N)[nH+]c(SCC(=O)c3ccc(Cl)cc3)c2C#N)cc1OC. The van der Waals surface area contributed by atoms with Gasteiger partial charge < -0.3 is 9.47 Å². The fourth-order valence-corrected chi connectivity index (χ4v) is 4.13. The predicted molar refractivity (Wildman–Crippen MR) is 122 cm³/mol. The van der Waals surface area contributed by atoms with E-state index in [4.69, 9.17) is 26.8 Å². The molecule has 0 aliphatic heterocycles. The molecule has 1 heterocycles. The average molecular weight is 466 g/mol. The van der Waals surface area contributed by atoms with E-state index in [1.54, 1.807) is 42.5 Å². The highest BCUT2D eigenvalue weighted by molar-refractivity contribution is 7.99. The first-order valence-electron chi connectivity index (χ1n) is 9.26. The summed E-state index contributed by atoms with van der Waals surface area (Å²) >= 11 is 7.01. The van der Waals surface area contributed by atoms with Crippen LogP contribution in [0.15, 0.2) is 47.5 Å². The molecule has 0 amide bonds. The summed E-state index contributed by atoms with van der Waals surface area (Å²) in [6.07, 6.45) is 0. The highest BCUT2D eigenvalue weighted by Crippen LogP contribution is 2.38.